The fourth-order valence-electron chi connectivity index (χ4n) is 3.59. The van der Waals surface area contributed by atoms with Crippen molar-refractivity contribution in [3.05, 3.63) is 40.0 Å². The highest BCUT2D eigenvalue weighted by atomic mass is 32.1. The smallest absolute Gasteiger partial charge is 0.228 e. The van der Waals surface area contributed by atoms with Crippen LogP contribution in [0.2, 0.25) is 0 Å². The molecule has 6 nitrogen and oxygen atoms in total. The van der Waals surface area contributed by atoms with Gasteiger partial charge in [0.15, 0.2) is 0 Å². The van der Waals surface area contributed by atoms with Gasteiger partial charge in [0, 0.05) is 37.1 Å². The number of nitriles is 1. The number of aryl methyl sites for hydroxylation is 1. The molecule has 0 unspecified atom stereocenters. The summed E-state index contributed by atoms with van der Waals surface area (Å²) in [5.74, 6) is 1.46. The zero-order valence-corrected chi connectivity index (χ0v) is 14.2. The third-order valence-electron chi connectivity index (χ3n) is 4.75. The van der Waals surface area contributed by atoms with Crippen LogP contribution in [0.4, 0.5) is 5.82 Å². The number of nitrogens with zero attached hydrogens (tertiary/aromatic N) is 5. The van der Waals surface area contributed by atoms with Crippen LogP contribution in [0.15, 0.2) is 23.7 Å². The van der Waals surface area contributed by atoms with Gasteiger partial charge in [0.05, 0.1) is 28.7 Å². The van der Waals surface area contributed by atoms with Crippen LogP contribution in [0, 0.1) is 30.1 Å². The van der Waals surface area contributed by atoms with Crippen LogP contribution in [0.5, 0.6) is 0 Å². The van der Waals surface area contributed by atoms with Crippen LogP contribution in [0.1, 0.15) is 16.3 Å². The zero-order chi connectivity index (χ0) is 16.7. The highest BCUT2D eigenvalue weighted by molar-refractivity contribution is 7.09. The normalized spacial score (nSPS) is 22.8. The van der Waals surface area contributed by atoms with Gasteiger partial charge in [0.2, 0.25) is 5.91 Å². The lowest BCUT2D eigenvalue weighted by atomic mass is 10.0. The minimum atomic E-state index is 0.0437. The summed E-state index contributed by atoms with van der Waals surface area (Å²) in [7, 11) is 0. The van der Waals surface area contributed by atoms with Crippen molar-refractivity contribution < 1.29 is 4.79 Å². The van der Waals surface area contributed by atoms with Crippen molar-refractivity contribution in [1.29, 1.82) is 5.26 Å². The minimum absolute atomic E-state index is 0.0437. The van der Waals surface area contributed by atoms with Crippen molar-refractivity contribution in [3.8, 4) is 6.07 Å². The molecule has 0 saturated carbocycles. The maximum atomic E-state index is 12.7. The van der Waals surface area contributed by atoms with Crippen LogP contribution in [-0.4, -0.2) is 40.4 Å². The first-order valence-electron chi connectivity index (χ1n) is 7.95. The summed E-state index contributed by atoms with van der Waals surface area (Å²) >= 11 is 1.62. The summed E-state index contributed by atoms with van der Waals surface area (Å²) in [6.07, 6.45) is 1.59. The first-order valence-corrected chi connectivity index (χ1v) is 8.83. The Labute approximate surface area is 144 Å². The monoisotopic (exact) mass is 339 g/mol. The van der Waals surface area contributed by atoms with Crippen molar-refractivity contribution in [2.75, 3.05) is 24.5 Å². The SMILES string of the molecule is Cc1nc(CN2C[C@@H]3CN(c4ccc(C#N)cn4)C[C@@H]3C2=O)cs1. The molecule has 2 aliphatic rings. The topological polar surface area (TPSA) is 73.1 Å². The molecule has 0 aliphatic carbocycles. The van der Waals surface area contributed by atoms with E-state index in [1.54, 1.807) is 23.6 Å². The van der Waals surface area contributed by atoms with Crippen molar-refractivity contribution in [1.82, 2.24) is 14.9 Å². The summed E-state index contributed by atoms with van der Waals surface area (Å²) in [6, 6.07) is 5.71. The summed E-state index contributed by atoms with van der Waals surface area (Å²) in [5.41, 5.74) is 1.54. The number of carbonyl (C=O) groups excluding carboxylic acids is 1. The summed E-state index contributed by atoms with van der Waals surface area (Å²) in [4.78, 5) is 25.6. The van der Waals surface area contributed by atoms with E-state index in [9.17, 15) is 4.79 Å². The lowest BCUT2D eigenvalue weighted by Crippen LogP contribution is -2.32. The second-order valence-corrected chi connectivity index (χ2v) is 7.43. The van der Waals surface area contributed by atoms with Crippen molar-refractivity contribution >= 4 is 23.1 Å². The fraction of sp³-hybridized carbons (Fsp3) is 0.412. The Bertz CT molecular complexity index is 809. The average molecular weight is 339 g/mol. The second-order valence-electron chi connectivity index (χ2n) is 6.37. The van der Waals surface area contributed by atoms with E-state index in [0.717, 1.165) is 29.6 Å². The molecule has 2 aliphatic heterocycles. The molecule has 2 saturated heterocycles. The number of pyridine rings is 1. The number of amides is 1. The van der Waals surface area contributed by atoms with E-state index in [-0.39, 0.29) is 11.8 Å². The first-order chi connectivity index (χ1) is 11.6. The lowest BCUT2D eigenvalue weighted by Gasteiger charge is -2.22. The highest BCUT2D eigenvalue weighted by Gasteiger charge is 2.46. The Morgan fingerprint density at radius 3 is 2.88 bits per heavy atom. The van der Waals surface area contributed by atoms with E-state index in [1.165, 1.54) is 0 Å². The summed E-state index contributed by atoms with van der Waals surface area (Å²) < 4.78 is 0. The number of hydrogen-bond acceptors (Lipinski definition) is 6. The van der Waals surface area contributed by atoms with E-state index in [1.807, 2.05) is 23.3 Å². The van der Waals surface area contributed by atoms with Crippen LogP contribution in [-0.2, 0) is 11.3 Å². The van der Waals surface area contributed by atoms with Crippen molar-refractivity contribution in [3.63, 3.8) is 0 Å². The number of thiazole rings is 1. The number of likely N-dealkylation sites (tertiary alicyclic amines) is 1. The third-order valence-corrected chi connectivity index (χ3v) is 5.57. The highest BCUT2D eigenvalue weighted by Crippen LogP contribution is 2.35. The van der Waals surface area contributed by atoms with Gasteiger partial charge in [-0.2, -0.15) is 5.26 Å². The molecule has 2 fully saturated rings. The maximum absolute atomic E-state index is 12.7. The minimum Gasteiger partial charge on any atom is -0.355 e. The van der Waals surface area contributed by atoms with Gasteiger partial charge >= 0.3 is 0 Å². The van der Waals surface area contributed by atoms with Crippen LogP contribution in [0.25, 0.3) is 0 Å². The van der Waals surface area contributed by atoms with E-state index in [2.05, 4.69) is 20.9 Å². The van der Waals surface area contributed by atoms with E-state index < -0.39 is 0 Å². The molecule has 4 rings (SSSR count). The molecular formula is C17H17N5OS. The van der Waals surface area contributed by atoms with E-state index in [0.29, 0.717) is 24.6 Å². The Morgan fingerprint density at radius 1 is 1.38 bits per heavy atom. The Hall–Kier alpha value is -2.46. The van der Waals surface area contributed by atoms with Crippen molar-refractivity contribution in [2.45, 2.75) is 13.5 Å². The molecule has 0 aromatic carbocycles. The molecule has 2 aromatic heterocycles. The molecule has 7 heteroatoms. The maximum Gasteiger partial charge on any atom is 0.228 e. The van der Waals surface area contributed by atoms with Gasteiger partial charge in [-0.1, -0.05) is 0 Å². The predicted octanol–water partition coefficient (Wildman–Crippen LogP) is 1.81. The molecule has 0 N–H and O–H groups in total. The number of anilines is 1. The Balaban J connectivity index is 1.43. The number of rotatable bonds is 3. The number of aromatic nitrogens is 2. The van der Waals surface area contributed by atoms with Gasteiger partial charge in [-0.05, 0) is 19.1 Å². The van der Waals surface area contributed by atoms with E-state index >= 15 is 0 Å². The molecular weight excluding hydrogens is 322 g/mol. The molecule has 4 heterocycles. The van der Waals surface area contributed by atoms with Crippen LogP contribution in [0.3, 0.4) is 0 Å². The molecule has 0 radical (unpaired) electrons. The van der Waals surface area contributed by atoms with E-state index in [4.69, 9.17) is 5.26 Å². The zero-order valence-electron chi connectivity index (χ0n) is 13.3. The van der Waals surface area contributed by atoms with Gasteiger partial charge in [-0.15, -0.1) is 11.3 Å². The molecule has 2 aromatic rings. The molecule has 0 spiro atoms. The van der Waals surface area contributed by atoms with Gasteiger partial charge in [-0.3, -0.25) is 4.79 Å². The summed E-state index contributed by atoms with van der Waals surface area (Å²) in [6.45, 7) is 4.92. The van der Waals surface area contributed by atoms with Crippen LogP contribution < -0.4 is 4.90 Å². The predicted molar refractivity (Wildman–Crippen MR) is 90.4 cm³/mol. The number of hydrogen-bond donors (Lipinski definition) is 0. The summed E-state index contributed by atoms with van der Waals surface area (Å²) in [5, 5.41) is 11.9. The van der Waals surface area contributed by atoms with Crippen LogP contribution >= 0.6 is 11.3 Å². The average Bonchev–Trinajstić information content (AvgIpc) is 3.26. The first kappa shape index (κ1) is 15.1. The Morgan fingerprint density at radius 2 is 2.25 bits per heavy atom. The third kappa shape index (κ3) is 2.63. The largest absolute Gasteiger partial charge is 0.355 e. The fourth-order valence-corrected chi connectivity index (χ4v) is 4.19. The second kappa shape index (κ2) is 5.87. The molecule has 122 valence electrons. The van der Waals surface area contributed by atoms with Gasteiger partial charge < -0.3 is 9.80 Å². The molecule has 24 heavy (non-hydrogen) atoms. The van der Waals surface area contributed by atoms with Gasteiger partial charge in [-0.25, -0.2) is 9.97 Å². The number of fused-ring (bicyclic) bond motifs is 1. The van der Waals surface area contributed by atoms with Crippen molar-refractivity contribution in [2.24, 2.45) is 11.8 Å². The quantitative estimate of drug-likeness (QED) is 0.853. The number of carbonyl (C=O) groups is 1. The van der Waals surface area contributed by atoms with Gasteiger partial charge in [0.25, 0.3) is 0 Å². The lowest BCUT2D eigenvalue weighted by molar-refractivity contribution is -0.131. The standard InChI is InChI=1S/C17H17N5OS/c1-11-20-14(10-24-11)8-22-7-13-6-21(9-15(13)17(22)23)16-3-2-12(4-18)5-19-16/h2-3,5,10,13,15H,6-9H2,1H3/t13-,15-/m0/s1. The molecule has 1 amide bonds. The molecule has 2 atom stereocenters. The Kier molecular flexibility index (Phi) is 3.69. The molecule has 0 bridgehead atoms. The van der Waals surface area contributed by atoms with Gasteiger partial charge in [0.1, 0.15) is 11.9 Å².